The van der Waals surface area contributed by atoms with Crippen molar-refractivity contribution >= 4 is 75.0 Å². The van der Waals surface area contributed by atoms with Gasteiger partial charge in [-0.2, -0.15) is 13.8 Å². The number of urea groups is 1. The molecule has 45 heavy (non-hydrogen) atoms. The van der Waals surface area contributed by atoms with Crippen LogP contribution in [0.1, 0.15) is 11.1 Å². The summed E-state index contributed by atoms with van der Waals surface area (Å²) in [5.74, 6) is 0.226. The maximum absolute atomic E-state index is 13.0. The standard InChI is InChI=1S/C29H23Cl3F2N6O4S/c1-16-2-3-18(12-43-13-24(31)32)23(10-16)40-25(41)14-45-29(40)37-28(42)36-22-9-4-17(11-21(22)30)26-35-15-39(38-26)19-5-7-20(8-6-19)44-27(33)34/h2-11,15,24,27H,12-14H2,1H3,(H,36,42)/b37-29-. The molecular weight excluding hydrogens is 673 g/mol. The number of amidine groups is 1. The fourth-order valence-electron chi connectivity index (χ4n) is 4.23. The summed E-state index contributed by atoms with van der Waals surface area (Å²) < 4.78 is 36.2. The molecule has 0 atom stereocenters. The molecule has 0 unspecified atom stereocenters. The van der Waals surface area contributed by atoms with E-state index in [1.807, 2.05) is 25.1 Å². The number of halogens is 5. The zero-order valence-corrected chi connectivity index (χ0v) is 26.4. The van der Waals surface area contributed by atoms with Crippen molar-refractivity contribution in [2.24, 2.45) is 4.99 Å². The highest BCUT2D eigenvalue weighted by Crippen LogP contribution is 2.32. The van der Waals surface area contributed by atoms with Crippen LogP contribution in [0.3, 0.4) is 0 Å². The molecule has 3 aromatic carbocycles. The Morgan fingerprint density at radius 1 is 1.13 bits per heavy atom. The first kappa shape index (κ1) is 32.6. The molecule has 0 bridgehead atoms. The van der Waals surface area contributed by atoms with Crippen molar-refractivity contribution in [1.29, 1.82) is 0 Å². The van der Waals surface area contributed by atoms with Crippen molar-refractivity contribution in [2.75, 3.05) is 22.6 Å². The minimum atomic E-state index is -2.92. The molecular formula is C29H23Cl3F2N6O4S. The summed E-state index contributed by atoms with van der Waals surface area (Å²) >= 11 is 19.1. The third kappa shape index (κ3) is 8.30. The van der Waals surface area contributed by atoms with Crippen LogP contribution in [0, 0.1) is 6.92 Å². The molecule has 0 radical (unpaired) electrons. The average molecular weight is 696 g/mol. The van der Waals surface area contributed by atoms with E-state index in [4.69, 9.17) is 39.5 Å². The van der Waals surface area contributed by atoms with E-state index in [1.54, 1.807) is 30.3 Å². The molecule has 1 fully saturated rings. The van der Waals surface area contributed by atoms with Crippen LogP contribution >= 0.6 is 46.6 Å². The first-order valence-electron chi connectivity index (χ1n) is 13.1. The van der Waals surface area contributed by atoms with Gasteiger partial charge < -0.3 is 14.8 Å². The second-order valence-electron chi connectivity index (χ2n) is 9.46. The van der Waals surface area contributed by atoms with Crippen LogP contribution in [0.2, 0.25) is 5.02 Å². The number of hydrogen-bond acceptors (Lipinski definition) is 7. The van der Waals surface area contributed by atoms with Gasteiger partial charge in [0.05, 0.1) is 41.1 Å². The second kappa shape index (κ2) is 14.6. The Hall–Kier alpha value is -3.75. The highest BCUT2D eigenvalue weighted by atomic mass is 35.5. The summed E-state index contributed by atoms with van der Waals surface area (Å²) in [4.78, 5) is 35.0. The molecule has 1 aliphatic heterocycles. The van der Waals surface area contributed by atoms with Gasteiger partial charge in [-0.3, -0.25) is 9.69 Å². The van der Waals surface area contributed by atoms with Crippen LogP contribution in [-0.2, 0) is 16.1 Å². The van der Waals surface area contributed by atoms with Crippen LogP contribution < -0.4 is 15.0 Å². The Bertz CT molecular complexity index is 1740. The van der Waals surface area contributed by atoms with Gasteiger partial charge >= 0.3 is 12.6 Å². The molecule has 0 spiro atoms. The van der Waals surface area contributed by atoms with E-state index in [2.05, 4.69) is 25.1 Å². The molecule has 3 amide bonds. The largest absolute Gasteiger partial charge is 0.435 e. The van der Waals surface area contributed by atoms with E-state index in [-0.39, 0.29) is 46.5 Å². The Balaban J connectivity index is 1.29. The van der Waals surface area contributed by atoms with Crippen LogP contribution in [0.15, 0.2) is 72.0 Å². The number of benzene rings is 3. The number of ether oxygens (including phenoxy) is 2. The van der Waals surface area contributed by atoms with Gasteiger partial charge in [0.1, 0.15) is 16.9 Å². The normalized spacial score (nSPS) is 14.2. The molecule has 1 N–H and O–H groups in total. The van der Waals surface area contributed by atoms with Gasteiger partial charge in [0.25, 0.3) is 0 Å². The number of thioether (sulfide) groups is 1. The number of nitrogens with zero attached hydrogens (tertiary/aromatic N) is 5. The van der Waals surface area contributed by atoms with E-state index in [9.17, 15) is 18.4 Å². The molecule has 2 heterocycles. The summed E-state index contributed by atoms with van der Waals surface area (Å²) in [7, 11) is 0. The molecule has 10 nitrogen and oxygen atoms in total. The number of anilines is 2. The zero-order valence-electron chi connectivity index (χ0n) is 23.3. The van der Waals surface area contributed by atoms with E-state index in [1.165, 1.54) is 28.0 Å². The third-order valence-corrected chi connectivity index (χ3v) is 7.72. The number of aryl methyl sites for hydroxylation is 1. The van der Waals surface area contributed by atoms with Gasteiger partial charge in [-0.05, 0) is 61.0 Å². The van der Waals surface area contributed by atoms with Gasteiger partial charge in [0.15, 0.2) is 11.0 Å². The number of alkyl halides is 4. The summed E-state index contributed by atoms with van der Waals surface area (Å²) in [6.45, 7) is -0.777. The van der Waals surface area contributed by atoms with Crippen LogP contribution in [0.4, 0.5) is 25.0 Å². The molecule has 234 valence electrons. The fourth-order valence-corrected chi connectivity index (χ4v) is 5.49. The third-order valence-electron chi connectivity index (χ3n) is 6.23. The van der Waals surface area contributed by atoms with Crippen molar-refractivity contribution < 1.29 is 27.8 Å². The van der Waals surface area contributed by atoms with Gasteiger partial charge in [0, 0.05) is 11.1 Å². The lowest BCUT2D eigenvalue weighted by atomic mass is 10.1. The van der Waals surface area contributed by atoms with Crippen molar-refractivity contribution in [2.45, 2.75) is 25.0 Å². The van der Waals surface area contributed by atoms with Crippen LogP contribution in [0.25, 0.3) is 17.1 Å². The van der Waals surface area contributed by atoms with Gasteiger partial charge in [0.2, 0.25) is 5.91 Å². The highest BCUT2D eigenvalue weighted by molar-refractivity contribution is 8.15. The Labute approximate surface area is 275 Å². The molecule has 5 rings (SSSR count). The SMILES string of the molecule is Cc1ccc(COCC(Cl)Cl)c(N2C(=O)CS/C2=N\C(=O)Nc2ccc(-c3ncn(-c4ccc(OC(F)F)cc4)n3)cc2Cl)c1. The predicted molar refractivity (Wildman–Crippen MR) is 171 cm³/mol. The molecule has 1 saturated heterocycles. The summed E-state index contributed by atoms with van der Waals surface area (Å²) in [5.41, 5.74) is 3.57. The highest BCUT2D eigenvalue weighted by Gasteiger charge is 2.32. The first-order valence-corrected chi connectivity index (χ1v) is 15.4. The van der Waals surface area contributed by atoms with Crippen molar-refractivity contribution in [3.63, 3.8) is 0 Å². The number of carbonyl (C=O) groups is 2. The topological polar surface area (TPSA) is 111 Å². The quantitative estimate of drug-likeness (QED) is 0.171. The number of nitrogens with one attached hydrogen (secondary N) is 1. The van der Waals surface area contributed by atoms with Crippen molar-refractivity contribution in [3.8, 4) is 22.8 Å². The molecule has 1 aromatic heterocycles. The number of carbonyl (C=O) groups excluding carboxylic acids is 2. The van der Waals surface area contributed by atoms with Gasteiger partial charge in [-0.15, -0.1) is 28.3 Å². The molecule has 0 saturated carbocycles. The minimum Gasteiger partial charge on any atom is -0.435 e. The molecule has 4 aromatic rings. The predicted octanol–water partition coefficient (Wildman–Crippen LogP) is 7.49. The van der Waals surface area contributed by atoms with Gasteiger partial charge in [-0.25, -0.2) is 14.5 Å². The monoisotopic (exact) mass is 694 g/mol. The molecule has 1 aliphatic rings. The Morgan fingerprint density at radius 2 is 1.91 bits per heavy atom. The lowest BCUT2D eigenvalue weighted by molar-refractivity contribution is -0.115. The Morgan fingerprint density at radius 3 is 2.62 bits per heavy atom. The molecule has 0 aliphatic carbocycles. The summed E-state index contributed by atoms with van der Waals surface area (Å²) in [6.07, 6.45) is 1.46. The maximum Gasteiger partial charge on any atom is 0.387 e. The number of amides is 3. The van der Waals surface area contributed by atoms with Gasteiger partial charge in [-0.1, -0.05) is 35.5 Å². The first-order chi connectivity index (χ1) is 21.6. The maximum atomic E-state index is 13.0. The van der Waals surface area contributed by atoms with Crippen LogP contribution in [0.5, 0.6) is 5.75 Å². The smallest absolute Gasteiger partial charge is 0.387 e. The average Bonchev–Trinajstić information content (AvgIpc) is 3.62. The zero-order chi connectivity index (χ0) is 32.1. The number of aromatic nitrogens is 3. The Kier molecular flexibility index (Phi) is 10.6. The minimum absolute atomic E-state index is 0.0208. The lowest BCUT2D eigenvalue weighted by Gasteiger charge is -2.20. The lowest BCUT2D eigenvalue weighted by Crippen LogP contribution is -2.31. The molecule has 16 heteroatoms. The van der Waals surface area contributed by atoms with Crippen molar-refractivity contribution in [1.82, 2.24) is 14.8 Å². The van der Waals surface area contributed by atoms with Crippen LogP contribution in [-0.4, -0.2) is 55.7 Å². The number of aliphatic imine (C=N–C) groups is 1. The van der Waals surface area contributed by atoms with Crippen molar-refractivity contribution in [3.05, 3.63) is 83.1 Å². The van der Waals surface area contributed by atoms with E-state index in [0.717, 1.165) is 17.3 Å². The number of rotatable bonds is 10. The van der Waals surface area contributed by atoms with E-state index in [0.29, 0.717) is 28.3 Å². The second-order valence-corrected chi connectivity index (χ2v) is 12.1. The summed E-state index contributed by atoms with van der Waals surface area (Å²) in [6, 6.07) is 15.5. The number of hydrogen-bond donors (Lipinski definition) is 1. The van der Waals surface area contributed by atoms with E-state index < -0.39 is 17.5 Å². The summed E-state index contributed by atoms with van der Waals surface area (Å²) in [5, 5.41) is 7.47. The fraction of sp³-hybridized carbons (Fsp3) is 0.207. The van der Waals surface area contributed by atoms with E-state index >= 15 is 0 Å².